The summed E-state index contributed by atoms with van der Waals surface area (Å²) >= 11 is 0. The second-order valence-electron chi connectivity index (χ2n) is 6.02. The molecule has 0 rings (SSSR count). The molecule has 0 aliphatic carbocycles. The molecule has 0 aromatic rings. The molecule has 0 heteroatoms. The van der Waals surface area contributed by atoms with Crippen LogP contribution in [0.3, 0.4) is 0 Å². The molecule has 1 unspecified atom stereocenters. The van der Waals surface area contributed by atoms with Crippen molar-refractivity contribution in [3.05, 3.63) is 37.5 Å². The minimum Gasteiger partial charge on any atom is -0.103 e. The first kappa shape index (κ1) is 19.2. The molecule has 0 amide bonds. The molecule has 0 nitrogen and oxygen atoms in total. The van der Waals surface area contributed by atoms with Crippen molar-refractivity contribution in [2.24, 2.45) is 5.92 Å². The summed E-state index contributed by atoms with van der Waals surface area (Å²) in [5, 5.41) is 0. The van der Waals surface area contributed by atoms with Crippen LogP contribution in [-0.2, 0) is 0 Å². The SMILES string of the molecule is C=CCCCCC=CCCCCCCCC(C)CC=C. The topological polar surface area (TPSA) is 0 Å². The Kier molecular flexibility index (Phi) is 15.6. The first-order valence-electron chi connectivity index (χ1n) is 8.68. The summed E-state index contributed by atoms with van der Waals surface area (Å²) in [6.07, 6.45) is 24.6. The van der Waals surface area contributed by atoms with Gasteiger partial charge in [0.2, 0.25) is 0 Å². The van der Waals surface area contributed by atoms with E-state index in [1.807, 2.05) is 6.08 Å². The Hall–Kier alpha value is -0.780. The Morgan fingerprint density at radius 1 is 0.700 bits per heavy atom. The van der Waals surface area contributed by atoms with Gasteiger partial charge in [0.15, 0.2) is 0 Å². The van der Waals surface area contributed by atoms with E-state index in [9.17, 15) is 0 Å². The van der Waals surface area contributed by atoms with Crippen molar-refractivity contribution in [3.8, 4) is 0 Å². The highest BCUT2D eigenvalue weighted by atomic mass is 14.0. The lowest BCUT2D eigenvalue weighted by Crippen LogP contribution is -1.92. The molecule has 0 saturated carbocycles. The number of allylic oxidation sites excluding steroid dienone is 4. The highest BCUT2D eigenvalue weighted by Gasteiger charge is 1.98. The molecule has 0 bridgehead atoms. The highest BCUT2D eigenvalue weighted by molar-refractivity contribution is 4.81. The first-order chi connectivity index (χ1) is 9.81. The molecule has 0 fully saturated rings. The van der Waals surface area contributed by atoms with Gasteiger partial charge in [0.25, 0.3) is 0 Å². The van der Waals surface area contributed by atoms with Crippen LogP contribution >= 0.6 is 0 Å². The number of rotatable bonds is 15. The summed E-state index contributed by atoms with van der Waals surface area (Å²) in [5.41, 5.74) is 0. The van der Waals surface area contributed by atoms with E-state index < -0.39 is 0 Å². The maximum atomic E-state index is 3.80. The molecule has 0 aliphatic heterocycles. The van der Waals surface area contributed by atoms with E-state index in [-0.39, 0.29) is 0 Å². The molecular formula is C20H36. The second kappa shape index (κ2) is 16.3. The molecule has 0 heterocycles. The summed E-state index contributed by atoms with van der Waals surface area (Å²) in [7, 11) is 0. The number of hydrogen-bond acceptors (Lipinski definition) is 0. The van der Waals surface area contributed by atoms with Crippen LogP contribution in [0, 0.1) is 5.92 Å². The van der Waals surface area contributed by atoms with E-state index in [1.165, 1.54) is 77.0 Å². The highest BCUT2D eigenvalue weighted by Crippen LogP contribution is 2.15. The normalized spacial score (nSPS) is 12.7. The third-order valence-electron chi connectivity index (χ3n) is 3.83. The minimum absolute atomic E-state index is 0.830. The van der Waals surface area contributed by atoms with Crippen LogP contribution in [0.5, 0.6) is 0 Å². The lowest BCUT2D eigenvalue weighted by atomic mass is 9.99. The van der Waals surface area contributed by atoms with Crippen LogP contribution in [-0.4, -0.2) is 0 Å². The summed E-state index contributed by atoms with van der Waals surface area (Å²) in [6.45, 7) is 9.88. The fraction of sp³-hybridized carbons (Fsp3) is 0.700. The van der Waals surface area contributed by atoms with Crippen molar-refractivity contribution < 1.29 is 0 Å². The van der Waals surface area contributed by atoms with E-state index in [0.29, 0.717) is 0 Å². The zero-order valence-corrected chi connectivity index (χ0v) is 13.8. The van der Waals surface area contributed by atoms with Gasteiger partial charge in [-0.05, 0) is 50.9 Å². The zero-order valence-electron chi connectivity index (χ0n) is 13.8. The third kappa shape index (κ3) is 15.3. The van der Waals surface area contributed by atoms with Crippen LogP contribution in [0.25, 0.3) is 0 Å². The van der Waals surface area contributed by atoms with Gasteiger partial charge in [-0.2, -0.15) is 0 Å². The molecule has 20 heavy (non-hydrogen) atoms. The summed E-state index contributed by atoms with van der Waals surface area (Å²) in [5.74, 6) is 0.830. The number of unbranched alkanes of at least 4 members (excludes halogenated alkanes) is 8. The monoisotopic (exact) mass is 276 g/mol. The Labute approximate surface area is 128 Å². The van der Waals surface area contributed by atoms with Gasteiger partial charge >= 0.3 is 0 Å². The van der Waals surface area contributed by atoms with Crippen LogP contribution in [0.2, 0.25) is 0 Å². The lowest BCUT2D eigenvalue weighted by molar-refractivity contribution is 0.488. The summed E-state index contributed by atoms with van der Waals surface area (Å²) in [6, 6.07) is 0. The Morgan fingerprint density at radius 3 is 1.90 bits per heavy atom. The average molecular weight is 277 g/mol. The van der Waals surface area contributed by atoms with Crippen molar-refractivity contribution in [3.63, 3.8) is 0 Å². The van der Waals surface area contributed by atoms with Gasteiger partial charge in [0.05, 0.1) is 0 Å². The van der Waals surface area contributed by atoms with Crippen molar-refractivity contribution in [2.75, 3.05) is 0 Å². The second-order valence-corrected chi connectivity index (χ2v) is 6.02. The van der Waals surface area contributed by atoms with Crippen molar-refractivity contribution in [2.45, 2.75) is 84.0 Å². The van der Waals surface area contributed by atoms with Crippen LogP contribution in [0.15, 0.2) is 37.5 Å². The van der Waals surface area contributed by atoms with E-state index in [4.69, 9.17) is 0 Å². The smallest absolute Gasteiger partial charge is 0.0328 e. The molecule has 0 saturated heterocycles. The lowest BCUT2D eigenvalue weighted by Gasteiger charge is -2.07. The third-order valence-corrected chi connectivity index (χ3v) is 3.83. The summed E-state index contributed by atoms with van der Waals surface area (Å²) in [4.78, 5) is 0. The quantitative estimate of drug-likeness (QED) is 0.218. The fourth-order valence-corrected chi connectivity index (χ4v) is 2.47. The minimum atomic E-state index is 0.830. The fourth-order valence-electron chi connectivity index (χ4n) is 2.47. The van der Waals surface area contributed by atoms with Gasteiger partial charge in [0.1, 0.15) is 0 Å². The Balaban J connectivity index is 3.14. The zero-order chi connectivity index (χ0) is 14.9. The van der Waals surface area contributed by atoms with Crippen molar-refractivity contribution in [1.82, 2.24) is 0 Å². The molecule has 116 valence electrons. The van der Waals surface area contributed by atoms with Gasteiger partial charge < -0.3 is 0 Å². The van der Waals surface area contributed by atoms with Gasteiger partial charge in [-0.25, -0.2) is 0 Å². The largest absolute Gasteiger partial charge is 0.103 e. The van der Waals surface area contributed by atoms with E-state index in [1.54, 1.807) is 0 Å². The Morgan fingerprint density at radius 2 is 1.25 bits per heavy atom. The molecule has 0 spiro atoms. The van der Waals surface area contributed by atoms with Crippen LogP contribution in [0.4, 0.5) is 0 Å². The molecule has 0 aromatic carbocycles. The molecular weight excluding hydrogens is 240 g/mol. The Bertz CT molecular complexity index is 236. The van der Waals surface area contributed by atoms with Gasteiger partial charge in [0, 0.05) is 0 Å². The predicted octanol–water partition coefficient (Wildman–Crippen LogP) is 7.23. The number of hydrogen-bond donors (Lipinski definition) is 0. The average Bonchev–Trinajstić information content (AvgIpc) is 2.44. The summed E-state index contributed by atoms with van der Waals surface area (Å²) < 4.78 is 0. The standard InChI is InChI=1S/C20H36/c1-4-6-7-8-9-10-11-12-13-14-15-16-17-19-20(3)18-5-2/h4-5,10-11,20H,1-2,6-9,12-19H2,3H3. The molecule has 0 aromatic heterocycles. The maximum absolute atomic E-state index is 3.80. The maximum Gasteiger partial charge on any atom is -0.0328 e. The van der Waals surface area contributed by atoms with Gasteiger partial charge in [-0.3, -0.25) is 0 Å². The van der Waals surface area contributed by atoms with Crippen LogP contribution in [0.1, 0.15) is 84.0 Å². The molecule has 0 aliphatic rings. The molecule has 0 radical (unpaired) electrons. The van der Waals surface area contributed by atoms with Crippen molar-refractivity contribution in [1.29, 1.82) is 0 Å². The van der Waals surface area contributed by atoms with Gasteiger partial charge in [-0.1, -0.05) is 63.3 Å². The van der Waals surface area contributed by atoms with Gasteiger partial charge in [-0.15, -0.1) is 13.2 Å². The predicted molar refractivity (Wildman–Crippen MR) is 94.1 cm³/mol. The van der Waals surface area contributed by atoms with E-state index >= 15 is 0 Å². The molecule has 1 atom stereocenters. The van der Waals surface area contributed by atoms with Crippen LogP contribution < -0.4 is 0 Å². The van der Waals surface area contributed by atoms with E-state index in [2.05, 4.69) is 38.3 Å². The van der Waals surface area contributed by atoms with E-state index in [0.717, 1.165) is 5.92 Å². The molecule has 0 N–H and O–H groups in total. The van der Waals surface area contributed by atoms with Crippen molar-refractivity contribution >= 4 is 0 Å². The first-order valence-corrected chi connectivity index (χ1v) is 8.68.